The van der Waals surface area contributed by atoms with Crippen LogP contribution in [0.5, 0.6) is 0 Å². The van der Waals surface area contributed by atoms with Crippen molar-refractivity contribution in [2.24, 2.45) is 0 Å². The molecule has 2 N–H and O–H groups in total. The fraction of sp³-hybridized carbons (Fsp3) is 0.286. The van der Waals surface area contributed by atoms with Gasteiger partial charge in [0.1, 0.15) is 0 Å². The second-order valence-electron chi connectivity index (χ2n) is 7.31. The first-order chi connectivity index (χ1) is 13.6. The van der Waals surface area contributed by atoms with Gasteiger partial charge in [-0.3, -0.25) is 4.90 Å². The molecule has 1 fully saturated rings. The first-order valence-electron chi connectivity index (χ1n) is 9.26. The standard InChI is InChI=1S/C21H23ClN4S2/c1-21(9-11-26(15-21)14-16-5-3-2-4-6-16)24-19-8-7-17(13-18(19)22)28-25-20-23-10-12-27-20/h2-8,10,12-13,24H,9,11,14-15H2,1H3,(H,23,25). The maximum absolute atomic E-state index is 6.57. The van der Waals surface area contributed by atoms with E-state index in [0.29, 0.717) is 0 Å². The molecule has 4 rings (SSSR count). The van der Waals surface area contributed by atoms with Crippen molar-refractivity contribution < 1.29 is 0 Å². The van der Waals surface area contributed by atoms with Crippen LogP contribution in [0.3, 0.4) is 0 Å². The Labute approximate surface area is 179 Å². The number of nitrogens with one attached hydrogen (secondary N) is 2. The van der Waals surface area contributed by atoms with Crippen molar-refractivity contribution in [3.8, 4) is 0 Å². The highest BCUT2D eigenvalue weighted by Gasteiger charge is 2.33. The highest BCUT2D eigenvalue weighted by molar-refractivity contribution is 8.00. The second kappa shape index (κ2) is 8.74. The highest BCUT2D eigenvalue weighted by atomic mass is 35.5. The maximum Gasteiger partial charge on any atom is 0.192 e. The molecule has 28 heavy (non-hydrogen) atoms. The molecule has 0 aliphatic carbocycles. The lowest BCUT2D eigenvalue weighted by Crippen LogP contribution is -2.38. The van der Waals surface area contributed by atoms with Crippen LogP contribution in [0.1, 0.15) is 18.9 Å². The summed E-state index contributed by atoms with van der Waals surface area (Å²) in [5, 5.41) is 7.27. The van der Waals surface area contributed by atoms with Gasteiger partial charge in [0.15, 0.2) is 5.13 Å². The average molecular weight is 431 g/mol. The van der Waals surface area contributed by atoms with Crippen LogP contribution in [0.25, 0.3) is 0 Å². The molecule has 2 heterocycles. The summed E-state index contributed by atoms with van der Waals surface area (Å²) in [6.07, 6.45) is 2.88. The molecule has 0 spiro atoms. The average Bonchev–Trinajstić information content (AvgIpc) is 3.33. The van der Waals surface area contributed by atoms with Crippen molar-refractivity contribution in [3.05, 3.63) is 70.7 Å². The molecular formula is C21H23ClN4S2. The van der Waals surface area contributed by atoms with Gasteiger partial charge in [-0.15, -0.1) is 11.3 Å². The number of hydrogen-bond acceptors (Lipinski definition) is 6. The van der Waals surface area contributed by atoms with Crippen LogP contribution in [-0.4, -0.2) is 28.5 Å². The van der Waals surface area contributed by atoms with Gasteiger partial charge >= 0.3 is 0 Å². The van der Waals surface area contributed by atoms with Crippen LogP contribution in [-0.2, 0) is 6.54 Å². The number of likely N-dealkylation sites (tertiary alicyclic amines) is 1. The zero-order chi connectivity index (χ0) is 19.4. The van der Waals surface area contributed by atoms with Gasteiger partial charge in [-0.25, -0.2) is 4.98 Å². The highest BCUT2D eigenvalue weighted by Crippen LogP contribution is 2.33. The van der Waals surface area contributed by atoms with Crippen LogP contribution in [0.4, 0.5) is 10.8 Å². The third-order valence-electron chi connectivity index (χ3n) is 4.87. The SMILES string of the molecule is CC1(Nc2ccc(SNc3nccs3)cc2Cl)CCN(Cc2ccccc2)C1. The Kier molecular flexibility index (Phi) is 6.11. The monoisotopic (exact) mass is 430 g/mol. The Morgan fingerprint density at radius 3 is 2.86 bits per heavy atom. The van der Waals surface area contributed by atoms with E-state index in [-0.39, 0.29) is 5.54 Å². The molecule has 1 aliphatic rings. The van der Waals surface area contributed by atoms with Crippen molar-refractivity contribution in [1.29, 1.82) is 0 Å². The number of anilines is 2. The van der Waals surface area contributed by atoms with Crippen molar-refractivity contribution in [2.45, 2.75) is 30.3 Å². The topological polar surface area (TPSA) is 40.2 Å². The molecule has 1 atom stereocenters. The minimum absolute atomic E-state index is 0.0201. The predicted octanol–water partition coefficient (Wildman–Crippen LogP) is 5.99. The minimum Gasteiger partial charge on any atom is -0.377 e. The lowest BCUT2D eigenvalue weighted by Gasteiger charge is -2.28. The van der Waals surface area contributed by atoms with Gasteiger partial charge in [0.2, 0.25) is 0 Å². The number of thiazole rings is 1. The number of hydrogen-bond donors (Lipinski definition) is 2. The summed E-state index contributed by atoms with van der Waals surface area (Å²) in [5.74, 6) is 0. The van der Waals surface area contributed by atoms with E-state index in [4.69, 9.17) is 11.6 Å². The molecule has 0 amide bonds. The number of rotatable bonds is 7. The summed E-state index contributed by atoms with van der Waals surface area (Å²) in [6.45, 7) is 5.35. The lowest BCUT2D eigenvalue weighted by atomic mass is 10.0. The van der Waals surface area contributed by atoms with E-state index in [0.717, 1.165) is 46.8 Å². The summed E-state index contributed by atoms with van der Waals surface area (Å²) in [5.41, 5.74) is 2.37. The third-order valence-corrected chi connectivity index (χ3v) is 6.78. The second-order valence-corrected chi connectivity index (χ2v) is 9.50. The fourth-order valence-electron chi connectivity index (χ4n) is 3.50. The third kappa shape index (κ3) is 5.00. The van der Waals surface area contributed by atoms with Gasteiger partial charge in [0, 0.05) is 41.6 Å². The number of nitrogens with zero attached hydrogens (tertiary/aromatic N) is 2. The van der Waals surface area contributed by atoms with E-state index in [2.05, 4.69) is 69.3 Å². The van der Waals surface area contributed by atoms with Crippen LogP contribution in [0.2, 0.25) is 5.02 Å². The summed E-state index contributed by atoms with van der Waals surface area (Å²) in [4.78, 5) is 7.78. The molecule has 3 aromatic rings. The molecule has 1 unspecified atom stereocenters. The van der Waals surface area contributed by atoms with Gasteiger partial charge in [0.05, 0.1) is 10.7 Å². The molecule has 1 saturated heterocycles. The maximum atomic E-state index is 6.57. The van der Waals surface area contributed by atoms with Crippen molar-refractivity contribution in [2.75, 3.05) is 23.1 Å². The number of halogens is 1. The van der Waals surface area contributed by atoms with Crippen molar-refractivity contribution in [3.63, 3.8) is 0 Å². The fourth-order valence-corrected chi connectivity index (χ4v) is 5.05. The molecule has 7 heteroatoms. The van der Waals surface area contributed by atoms with Gasteiger partial charge < -0.3 is 10.0 Å². The molecule has 1 aromatic heterocycles. The summed E-state index contributed by atoms with van der Waals surface area (Å²) >= 11 is 9.67. The van der Waals surface area contributed by atoms with Gasteiger partial charge in [-0.2, -0.15) is 0 Å². The van der Waals surface area contributed by atoms with E-state index in [1.54, 1.807) is 17.5 Å². The molecule has 1 aliphatic heterocycles. The Morgan fingerprint density at radius 2 is 2.11 bits per heavy atom. The van der Waals surface area contributed by atoms with E-state index in [1.165, 1.54) is 17.5 Å². The van der Waals surface area contributed by atoms with Crippen LogP contribution < -0.4 is 10.0 Å². The van der Waals surface area contributed by atoms with Gasteiger partial charge in [0.25, 0.3) is 0 Å². The van der Waals surface area contributed by atoms with Crippen LogP contribution in [0, 0.1) is 0 Å². The molecule has 0 saturated carbocycles. The van der Waals surface area contributed by atoms with Crippen LogP contribution >= 0.6 is 34.9 Å². The quantitative estimate of drug-likeness (QED) is 0.450. The smallest absolute Gasteiger partial charge is 0.192 e. The zero-order valence-corrected chi connectivity index (χ0v) is 18.1. The van der Waals surface area contributed by atoms with E-state index < -0.39 is 0 Å². The largest absolute Gasteiger partial charge is 0.377 e. The molecule has 0 radical (unpaired) electrons. The molecule has 4 nitrogen and oxygen atoms in total. The van der Waals surface area contributed by atoms with Gasteiger partial charge in [-0.1, -0.05) is 41.9 Å². The predicted molar refractivity (Wildman–Crippen MR) is 121 cm³/mol. The van der Waals surface area contributed by atoms with Gasteiger partial charge in [-0.05, 0) is 49.1 Å². The molecule has 146 valence electrons. The van der Waals surface area contributed by atoms with Crippen molar-refractivity contribution >= 4 is 45.7 Å². The van der Waals surface area contributed by atoms with Crippen LogP contribution in [0.15, 0.2) is 65.0 Å². The normalized spacial score (nSPS) is 19.6. The first-order valence-corrected chi connectivity index (χ1v) is 11.3. The van der Waals surface area contributed by atoms with E-state index in [9.17, 15) is 0 Å². The molecular weight excluding hydrogens is 408 g/mol. The lowest BCUT2D eigenvalue weighted by molar-refractivity contribution is 0.315. The summed E-state index contributed by atoms with van der Waals surface area (Å²) in [6, 6.07) is 16.8. The first kappa shape index (κ1) is 19.6. The summed E-state index contributed by atoms with van der Waals surface area (Å²) < 4.78 is 3.24. The Balaban J connectivity index is 1.35. The minimum atomic E-state index is 0.0201. The van der Waals surface area contributed by atoms with Crippen molar-refractivity contribution in [1.82, 2.24) is 9.88 Å². The molecule has 0 bridgehead atoms. The Morgan fingerprint density at radius 1 is 1.25 bits per heavy atom. The zero-order valence-electron chi connectivity index (χ0n) is 15.7. The number of aromatic nitrogens is 1. The summed E-state index contributed by atoms with van der Waals surface area (Å²) in [7, 11) is 0. The Hall–Kier alpha value is -1.73. The van der Waals surface area contributed by atoms with E-state index >= 15 is 0 Å². The molecule has 2 aromatic carbocycles. The Bertz CT molecular complexity index is 904. The van der Waals surface area contributed by atoms with E-state index in [1.807, 2.05) is 11.4 Å². The number of benzene rings is 2.